The zero-order valence-electron chi connectivity index (χ0n) is 10.4. The maximum absolute atomic E-state index is 11.8. The normalized spacial score (nSPS) is 22.2. The minimum atomic E-state index is 0.181. The van der Waals surface area contributed by atoms with Gasteiger partial charge >= 0.3 is 0 Å². The highest BCUT2D eigenvalue weighted by Crippen LogP contribution is 2.21. The second-order valence-corrected chi connectivity index (χ2v) is 4.80. The number of nitrogens with two attached hydrogens (primary N) is 1. The Balaban J connectivity index is 2.21. The van der Waals surface area contributed by atoms with E-state index in [0.717, 1.165) is 38.8 Å². The lowest BCUT2D eigenvalue weighted by Gasteiger charge is -2.15. The number of hydrogen-bond donors (Lipinski definition) is 1. The lowest BCUT2D eigenvalue weighted by Crippen LogP contribution is -2.16. The van der Waals surface area contributed by atoms with Crippen molar-refractivity contribution in [1.29, 1.82) is 0 Å². The van der Waals surface area contributed by atoms with Gasteiger partial charge in [-0.05, 0) is 31.7 Å². The first kappa shape index (κ1) is 13.7. The Morgan fingerprint density at radius 1 is 1.44 bits per heavy atom. The molecular formula is C13H25NO2. The molecule has 0 spiro atoms. The molecule has 0 aromatic rings. The van der Waals surface area contributed by atoms with Gasteiger partial charge in [-0.3, -0.25) is 4.79 Å². The molecule has 0 amide bonds. The van der Waals surface area contributed by atoms with Gasteiger partial charge in [0.1, 0.15) is 5.78 Å². The fourth-order valence-corrected chi connectivity index (χ4v) is 2.42. The van der Waals surface area contributed by atoms with Gasteiger partial charge in [0.15, 0.2) is 0 Å². The van der Waals surface area contributed by atoms with E-state index in [1.165, 1.54) is 12.8 Å². The van der Waals surface area contributed by atoms with E-state index in [2.05, 4.69) is 6.92 Å². The molecule has 1 rings (SSSR count). The molecule has 94 valence electrons. The van der Waals surface area contributed by atoms with Crippen molar-refractivity contribution >= 4 is 5.78 Å². The molecular weight excluding hydrogens is 202 g/mol. The first-order chi connectivity index (χ1) is 7.77. The van der Waals surface area contributed by atoms with E-state index in [9.17, 15) is 4.79 Å². The van der Waals surface area contributed by atoms with Crippen molar-refractivity contribution in [3.63, 3.8) is 0 Å². The summed E-state index contributed by atoms with van der Waals surface area (Å²) in [5.41, 5.74) is 5.58. The van der Waals surface area contributed by atoms with Crippen LogP contribution in [0.15, 0.2) is 0 Å². The molecule has 0 aromatic heterocycles. The van der Waals surface area contributed by atoms with E-state index in [1.807, 2.05) is 0 Å². The molecule has 2 unspecified atom stereocenters. The maximum atomic E-state index is 11.8. The predicted molar refractivity (Wildman–Crippen MR) is 65.2 cm³/mol. The molecule has 2 atom stereocenters. The van der Waals surface area contributed by atoms with Crippen molar-refractivity contribution in [1.82, 2.24) is 0 Å². The summed E-state index contributed by atoms with van der Waals surface area (Å²) in [5.74, 6) is 1.22. The summed E-state index contributed by atoms with van der Waals surface area (Å²) in [6, 6.07) is 0. The second kappa shape index (κ2) is 7.80. The van der Waals surface area contributed by atoms with E-state index >= 15 is 0 Å². The number of rotatable bonds is 8. The largest absolute Gasteiger partial charge is 0.381 e. The summed E-state index contributed by atoms with van der Waals surface area (Å²) in [5, 5.41) is 0. The van der Waals surface area contributed by atoms with Gasteiger partial charge in [-0.1, -0.05) is 19.8 Å². The Kier molecular flexibility index (Phi) is 6.65. The number of ether oxygens (including phenoxy) is 1. The third-order valence-electron chi connectivity index (χ3n) is 3.46. The maximum Gasteiger partial charge on any atom is 0.138 e. The van der Waals surface area contributed by atoms with Crippen LogP contribution in [0.5, 0.6) is 0 Å². The molecule has 1 aliphatic heterocycles. The number of carbonyl (C=O) groups is 1. The van der Waals surface area contributed by atoms with Crippen molar-refractivity contribution in [2.75, 3.05) is 19.8 Å². The number of ketones is 1. The van der Waals surface area contributed by atoms with Gasteiger partial charge in [-0.25, -0.2) is 0 Å². The fraction of sp³-hybridized carbons (Fsp3) is 0.923. The molecule has 0 saturated carbocycles. The monoisotopic (exact) mass is 227 g/mol. The van der Waals surface area contributed by atoms with Crippen LogP contribution in [0.25, 0.3) is 0 Å². The van der Waals surface area contributed by atoms with Gasteiger partial charge in [-0.15, -0.1) is 0 Å². The summed E-state index contributed by atoms with van der Waals surface area (Å²) >= 11 is 0. The number of Topliss-reactive ketones (excluding diaryl/α,β-unsaturated/α-hetero) is 1. The van der Waals surface area contributed by atoms with Gasteiger partial charge in [0.05, 0.1) is 6.61 Å². The quantitative estimate of drug-likeness (QED) is 0.691. The highest BCUT2D eigenvalue weighted by molar-refractivity contribution is 5.81. The van der Waals surface area contributed by atoms with Crippen molar-refractivity contribution in [2.45, 2.75) is 45.4 Å². The zero-order valence-corrected chi connectivity index (χ0v) is 10.4. The fourth-order valence-electron chi connectivity index (χ4n) is 2.42. The van der Waals surface area contributed by atoms with Gasteiger partial charge < -0.3 is 10.5 Å². The Morgan fingerprint density at radius 3 is 2.81 bits per heavy atom. The highest BCUT2D eigenvalue weighted by atomic mass is 16.5. The predicted octanol–water partition coefficient (Wildman–Crippen LogP) is 2.14. The minimum Gasteiger partial charge on any atom is -0.381 e. The van der Waals surface area contributed by atoms with Crippen LogP contribution in [0.1, 0.15) is 45.4 Å². The molecule has 16 heavy (non-hydrogen) atoms. The summed E-state index contributed by atoms with van der Waals surface area (Å²) in [4.78, 5) is 11.8. The molecule has 3 nitrogen and oxygen atoms in total. The smallest absolute Gasteiger partial charge is 0.138 e. The Labute approximate surface area is 98.7 Å². The van der Waals surface area contributed by atoms with Crippen LogP contribution in [-0.2, 0) is 9.53 Å². The van der Waals surface area contributed by atoms with E-state index in [-0.39, 0.29) is 5.92 Å². The summed E-state index contributed by atoms with van der Waals surface area (Å²) in [6.07, 6.45) is 6.10. The molecule has 3 heteroatoms. The van der Waals surface area contributed by atoms with Gasteiger partial charge in [0.25, 0.3) is 0 Å². The van der Waals surface area contributed by atoms with Crippen molar-refractivity contribution in [3.05, 3.63) is 0 Å². The van der Waals surface area contributed by atoms with Gasteiger partial charge in [-0.2, -0.15) is 0 Å². The van der Waals surface area contributed by atoms with Crippen molar-refractivity contribution in [2.24, 2.45) is 17.6 Å². The SMILES string of the molecule is CCCC(CCN)CCC(=O)C1CCOC1. The van der Waals surface area contributed by atoms with Crippen LogP contribution in [0.2, 0.25) is 0 Å². The van der Waals surface area contributed by atoms with Crippen molar-refractivity contribution < 1.29 is 9.53 Å². The zero-order chi connectivity index (χ0) is 11.8. The van der Waals surface area contributed by atoms with Crippen LogP contribution in [0.3, 0.4) is 0 Å². The van der Waals surface area contributed by atoms with E-state index < -0.39 is 0 Å². The van der Waals surface area contributed by atoms with E-state index in [1.54, 1.807) is 0 Å². The third-order valence-corrected chi connectivity index (χ3v) is 3.46. The average molecular weight is 227 g/mol. The molecule has 0 bridgehead atoms. The topological polar surface area (TPSA) is 52.3 Å². The molecule has 0 radical (unpaired) electrons. The first-order valence-electron chi connectivity index (χ1n) is 6.58. The van der Waals surface area contributed by atoms with Crippen LogP contribution >= 0.6 is 0 Å². The Morgan fingerprint density at radius 2 is 2.25 bits per heavy atom. The van der Waals surface area contributed by atoms with Crippen molar-refractivity contribution in [3.8, 4) is 0 Å². The van der Waals surface area contributed by atoms with E-state index in [4.69, 9.17) is 10.5 Å². The standard InChI is InChI=1S/C13H25NO2/c1-2-3-11(6-8-14)4-5-13(15)12-7-9-16-10-12/h11-12H,2-10,14H2,1H3. The minimum absolute atomic E-state index is 0.181. The summed E-state index contributed by atoms with van der Waals surface area (Å²) in [7, 11) is 0. The Bertz CT molecular complexity index is 194. The molecule has 1 heterocycles. The molecule has 2 N–H and O–H groups in total. The molecule has 1 saturated heterocycles. The molecule has 1 aliphatic rings. The number of hydrogen-bond acceptors (Lipinski definition) is 3. The van der Waals surface area contributed by atoms with Gasteiger partial charge in [0.2, 0.25) is 0 Å². The molecule has 1 fully saturated rings. The molecule has 0 aliphatic carbocycles. The van der Waals surface area contributed by atoms with Crippen LogP contribution < -0.4 is 5.73 Å². The third kappa shape index (κ3) is 4.62. The lowest BCUT2D eigenvalue weighted by molar-refractivity contribution is -0.123. The second-order valence-electron chi connectivity index (χ2n) is 4.80. The van der Waals surface area contributed by atoms with Crippen LogP contribution in [0, 0.1) is 11.8 Å². The average Bonchev–Trinajstić information content (AvgIpc) is 2.79. The van der Waals surface area contributed by atoms with E-state index in [0.29, 0.717) is 18.3 Å². The Hall–Kier alpha value is -0.410. The summed E-state index contributed by atoms with van der Waals surface area (Å²) < 4.78 is 5.24. The molecule has 0 aromatic carbocycles. The van der Waals surface area contributed by atoms with Gasteiger partial charge in [0, 0.05) is 18.9 Å². The van der Waals surface area contributed by atoms with Crippen LogP contribution in [-0.4, -0.2) is 25.5 Å². The lowest BCUT2D eigenvalue weighted by atomic mass is 9.90. The number of carbonyl (C=O) groups excluding carboxylic acids is 1. The summed E-state index contributed by atoms with van der Waals surface area (Å²) in [6.45, 7) is 4.34. The van der Waals surface area contributed by atoms with Crippen LogP contribution in [0.4, 0.5) is 0 Å². The highest BCUT2D eigenvalue weighted by Gasteiger charge is 2.23. The first-order valence-corrected chi connectivity index (χ1v) is 6.58.